The summed E-state index contributed by atoms with van der Waals surface area (Å²) >= 11 is 1.60. The van der Waals surface area contributed by atoms with Crippen molar-refractivity contribution < 1.29 is 23.9 Å². The lowest BCUT2D eigenvalue weighted by Gasteiger charge is -2.21. The number of carbonyl (C=O) groups is 3. The normalized spacial score (nSPS) is 15.2. The Balaban J connectivity index is 1.59. The molecule has 9 heteroatoms. The second kappa shape index (κ2) is 11.8. The number of likely N-dealkylation sites (N-methyl/N-ethyl adjacent to an activating group) is 1. The molecule has 0 saturated carbocycles. The van der Waals surface area contributed by atoms with E-state index in [0.717, 1.165) is 10.6 Å². The predicted octanol–water partition coefficient (Wildman–Crippen LogP) is 3.66. The Bertz CT molecular complexity index is 1040. The Morgan fingerprint density at radius 2 is 1.85 bits per heavy atom. The monoisotopic (exact) mass is 485 g/mol. The van der Waals surface area contributed by atoms with Crippen molar-refractivity contribution in [2.24, 2.45) is 5.92 Å². The minimum Gasteiger partial charge on any atom is -0.490 e. The van der Waals surface area contributed by atoms with Gasteiger partial charge in [0.25, 0.3) is 0 Å². The van der Waals surface area contributed by atoms with Crippen molar-refractivity contribution in [1.82, 2.24) is 4.90 Å². The highest BCUT2D eigenvalue weighted by atomic mass is 32.2. The van der Waals surface area contributed by atoms with Gasteiger partial charge in [0.05, 0.1) is 25.7 Å². The van der Waals surface area contributed by atoms with Crippen LogP contribution in [-0.4, -0.2) is 62.2 Å². The molecule has 1 aliphatic rings. The maximum atomic E-state index is 13.0. The van der Waals surface area contributed by atoms with Crippen LogP contribution < -0.4 is 19.7 Å². The van der Waals surface area contributed by atoms with Crippen molar-refractivity contribution >= 4 is 40.9 Å². The molecular weight excluding hydrogens is 454 g/mol. The molecule has 2 aromatic carbocycles. The number of hydrogen-bond acceptors (Lipinski definition) is 6. The van der Waals surface area contributed by atoms with Gasteiger partial charge in [0.2, 0.25) is 17.7 Å². The lowest BCUT2D eigenvalue weighted by molar-refractivity contribution is -0.137. The van der Waals surface area contributed by atoms with Gasteiger partial charge in [-0.25, -0.2) is 0 Å². The first-order chi connectivity index (χ1) is 16.4. The van der Waals surface area contributed by atoms with Gasteiger partial charge in [-0.2, -0.15) is 0 Å². The van der Waals surface area contributed by atoms with Gasteiger partial charge in [-0.1, -0.05) is 6.07 Å². The van der Waals surface area contributed by atoms with Crippen molar-refractivity contribution in [1.29, 1.82) is 0 Å². The molecule has 3 amide bonds. The Hall–Kier alpha value is -3.20. The molecule has 8 nitrogen and oxygen atoms in total. The van der Waals surface area contributed by atoms with Gasteiger partial charge in [0, 0.05) is 42.3 Å². The lowest BCUT2D eigenvalue weighted by atomic mass is 10.1. The number of benzene rings is 2. The van der Waals surface area contributed by atoms with E-state index in [2.05, 4.69) is 5.32 Å². The third kappa shape index (κ3) is 6.22. The third-order valence-corrected chi connectivity index (χ3v) is 6.15. The average Bonchev–Trinajstić information content (AvgIpc) is 3.22. The molecule has 34 heavy (non-hydrogen) atoms. The lowest BCUT2D eigenvalue weighted by Crippen LogP contribution is -2.39. The van der Waals surface area contributed by atoms with Crippen LogP contribution in [0.2, 0.25) is 0 Å². The summed E-state index contributed by atoms with van der Waals surface area (Å²) in [6.45, 7) is 4.91. The van der Waals surface area contributed by atoms with E-state index >= 15 is 0 Å². The molecule has 1 aliphatic heterocycles. The molecular formula is C25H31N3O5S. The van der Waals surface area contributed by atoms with Crippen molar-refractivity contribution in [3.05, 3.63) is 42.5 Å². The molecule has 3 rings (SSSR count). The summed E-state index contributed by atoms with van der Waals surface area (Å²) in [5.74, 6) is 0.00504. The van der Waals surface area contributed by atoms with Crippen molar-refractivity contribution in [2.45, 2.75) is 25.2 Å². The van der Waals surface area contributed by atoms with Crippen molar-refractivity contribution in [3.63, 3.8) is 0 Å². The van der Waals surface area contributed by atoms with E-state index in [0.29, 0.717) is 36.9 Å². The second-order valence-corrected chi connectivity index (χ2v) is 8.76. The third-order valence-electron chi connectivity index (χ3n) is 5.42. The minimum absolute atomic E-state index is 0.0905. The number of nitrogens with one attached hydrogen (secondary N) is 1. The molecule has 1 saturated heterocycles. The van der Waals surface area contributed by atoms with E-state index in [4.69, 9.17) is 9.47 Å². The quantitative estimate of drug-likeness (QED) is 0.517. The first-order valence-electron chi connectivity index (χ1n) is 11.2. The summed E-state index contributed by atoms with van der Waals surface area (Å²) in [7, 11) is 1.58. The van der Waals surface area contributed by atoms with E-state index in [1.807, 2.05) is 44.4 Å². The fraction of sp³-hybridized carbons (Fsp3) is 0.400. The summed E-state index contributed by atoms with van der Waals surface area (Å²) in [6, 6.07) is 12.9. The largest absolute Gasteiger partial charge is 0.490 e. The van der Waals surface area contributed by atoms with Gasteiger partial charge in [0.15, 0.2) is 11.5 Å². The first-order valence-corrected chi connectivity index (χ1v) is 12.5. The molecule has 1 N–H and O–H groups in total. The molecule has 0 bridgehead atoms. The molecule has 1 heterocycles. The van der Waals surface area contributed by atoms with Crippen LogP contribution in [0.5, 0.6) is 11.5 Å². The molecule has 0 unspecified atom stereocenters. The topological polar surface area (TPSA) is 88.2 Å². The van der Waals surface area contributed by atoms with Crippen LogP contribution in [0.1, 0.15) is 20.3 Å². The number of nitrogens with zero attached hydrogens (tertiary/aromatic N) is 2. The standard InChI is InChI=1S/C25H31N3O5S/c1-5-32-21-11-10-18(13-22(21)33-6-2)26-23(29)16-27(3)25(31)17-12-24(30)28(15-17)19-8-7-9-20(14-19)34-4/h7-11,13-14,17H,5-6,12,15-16H2,1-4H3,(H,26,29)/t17-/m0/s1. The van der Waals surface area contributed by atoms with Crippen molar-refractivity contribution in [3.8, 4) is 11.5 Å². The molecule has 0 aliphatic carbocycles. The van der Waals surface area contributed by atoms with Crippen LogP contribution in [-0.2, 0) is 14.4 Å². The zero-order valence-electron chi connectivity index (χ0n) is 20.0. The number of rotatable bonds is 10. The number of hydrogen-bond donors (Lipinski definition) is 1. The fourth-order valence-corrected chi connectivity index (χ4v) is 4.29. The summed E-state index contributed by atoms with van der Waals surface area (Å²) in [6.07, 6.45) is 2.10. The summed E-state index contributed by atoms with van der Waals surface area (Å²) in [5.41, 5.74) is 1.33. The zero-order chi connectivity index (χ0) is 24.7. The highest BCUT2D eigenvalue weighted by Crippen LogP contribution is 2.31. The molecule has 0 spiro atoms. The van der Waals surface area contributed by atoms with E-state index < -0.39 is 5.92 Å². The van der Waals surface area contributed by atoms with Gasteiger partial charge in [-0.3, -0.25) is 14.4 Å². The Morgan fingerprint density at radius 3 is 2.56 bits per heavy atom. The SMILES string of the molecule is CCOc1ccc(NC(=O)CN(C)C(=O)[C@H]2CC(=O)N(c3cccc(SC)c3)C2)cc1OCC. The number of amides is 3. The summed E-state index contributed by atoms with van der Waals surface area (Å²) in [4.78, 5) is 42.2. The molecule has 0 aromatic heterocycles. The molecule has 2 aromatic rings. The second-order valence-electron chi connectivity index (χ2n) is 7.88. The average molecular weight is 486 g/mol. The van der Waals surface area contributed by atoms with Gasteiger partial charge < -0.3 is 24.6 Å². The maximum absolute atomic E-state index is 13.0. The maximum Gasteiger partial charge on any atom is 0.243 e. The summed E-state index contributed by atoms with van der Waals surface area (Å²) in [5, 5.41) is 2.79. The van der Waals surface area contributed by atoms with E-state index in [-0.39, 0.29) is 30.7 Å². The van der Waals surface area contributed by atoms with Crippen LogP contribution in [0.3, 0.4) is 0 Å². The highest BCUT2D eigenvalue weighted by molar-refractivity contribution is 7.98. The highest BCUT2D eigenvalue weighted by Gasteiger charge is 2.36. The first kappa shape index (κ1) is 25.4. The Kier molecular flexibility index (Phi) is 8.81. The van der Waals surface area contributed by atoms with Gasteiger partial charge in [0.1, 0.15) is 0 Å². The van der Waals surface area contributed by atoms with Crippen LogP contribution in [0.25, 0.3) is 0 Å². The van der Waals surface area contributed by atoms with E-state index in [1.165, 1.54) is 4.90 Å². The minimum atomic E-state index is -0.488. The van der Waals surface area contributed by atoms with Crippen LogP contribution in [0.15, 0.2) is 47.4 Å². The number of carbonyl (C=O) groups excluding carboxylic acids is 3. The van der Waals surface area contributed by atoms with E-state index in [9.17, 15) is 14.4 Å². The van der Waals surface area contributed by atoms with Gasteiger partial charge in [-0.15, -0.1) is 11.8 Å². The van der Waals surface area contributed by atoms with Gasteiger partial charge >= 0.3 is 0 Å². The molecule has 182 valence electrons. The molecule has 1 atom stereocenters. The van der Waals surface area contributed by atoms with Crippen LogP contribution in [0.4, 0.5) is 11.4 Å². The van der Waals surface area contributed by atoms with Crippen LogP contribution >= 0.6 is 11.8 Å². The smallest absolute Gasteiger partial charge is 0.243 e. The fourth-order valence-electron chi connectivity index (χ4n) is 3.84. The van der Waals surface area contributed by atoms with Crippen LogP contribution in [0, 0.1) is 5.92 Å². The Morgan fingerprint density at radius 1 is 1.12 bits per heavy atom. The van der Waals surface area contributed by atoms with E-state index in [1.54, 1.807) is 41.9 Å². The number of thioether (sulfide) groups is 1. The summed E-state index contributed by atoms with van der Waals surface area (Å²) < 4.78 is 11.1. The number of anilines is 2. The number of ether oxygens (including phenoxy) is 2. The zero-order valence-corrected chi connectivity index (χ0v) is 20.8. The predicted molar refractivity (Wildman–Crippen MR) is 134 cm³/mol. The Labute approximate surface area is 204 Å². The van der Waals surface area contributed by atoms with Crippen molar-refractivity contribution in [2.75, 3.05) is 49.8 Å². The van der Waals surface area contributed by atoms with Gasteiger partial charge in [-0.05, 0) is 50.4 Å². The molecule has 0 radical (unpaired) electrons. The molecule has 1 fully saturated rings.